The number of anilines is 1. The van der Waals surface area contributed by atoms with E-state index in [2.05, 4.69) is 18.4 Å². The number of nitrogens with two attached hydrogens (primary N) is 1. The summed E-state index contributed by atoms with van der Waals surface area (Å²) in [6.45, 7) is 11.1. The van der Waals surface area contributed by atoms with Crippen LogP contribution in [0.1, 0.15) is 71.4 Å². The first kappa shape index (κ1) is 41.9. The number of rotatable bonds is 13. The molecule has 302 valence electrons. The Bertz CT molecular complexity index is 2820. The molecule has 2 aliphatic heterocycles. The largest absolute Gasteiger partial charge is 0.370 e. The number of benzene rings is 4. The van der Waals surface area contributed by atoms with Crippen LogP contribution in [0, 0.1) is 0 Å². The lowest BCUT2D eigenvalue weighted by Gasteiger charge is -2.26. The highest BCUT2D eigenvalue weighted by Crippen LogP contribution is 2.52. The molecule has 0 spiro atoms. The van der Waals surface area contributed by atoms with E-state index in [1.54, 1.807) is 12.1 Å². The first-order valence-corrected chi connectivity index (χ1v) is 22.7. The van der Waals surface area contributed by atoms with Crippen LogP contribution < -0.4 is 10.6 Å². The van der Waals surface area contributed by atoms with Crippen molar-refractivity contribution in [3.05, 3.63) is 102 Å². The molecule has 16 heteroatoms. The molecule has 13 nitrogen and oxygen atoms in total. The zero-order chi connectivity index (χ0) is 41.9. The quantitative estimate of drug-likeness (QED) is 0.0467. The van der Waals surface area contributed by atoms with Crippen molar-refractivity contribution in [3.8, 4) is 0 Å². The molecular formula is C41H46N3O10S3+. The molecule has 5 N–H and O–H groups in total. The molecule has 57 heavy (non-hydrogen) atoms. The van der Waals surface area contributed by atoms with Gasteiger partial charge in [0.25, 0.3) is 30.4 Å². The Morgan fingerprint density at radius 3 is 2.04 bits per heavy atom. The van der Waals surface area contributed by atoms with Crippen LogP contribution in [0.2, 0.25) is 0 Å². The van der Waals surface area contributed by atoms with Crippen LogP contribution in [0.4, 0.5) is 11.4 Å². The van der Waals surface area contributed by atoms with E-state index in [-0.39, 0.29) is 21.6 Å². The predicted molar refractivity (Wildman–Crippen MR) is 220 cm³/mol. The molecule has 0 radical (unpaired) electrons. The van der Waals surface area contributed by atoms with Crippen molar-refractivity contribution in [1.29, 1.82) is 0 Å². The van der Waals surface area contributed by atoms with Crippen molar-refractivity contribution in [1.82, 2.24) is 0 Å². The molecule has 2 aliphatic rings. The van der Waals surface area contributed by atoms with Gasteiger partial charge in [-0.05, 0) is 97.8 Å². The number of allylic oxidation sites excluding steroid dienone is 6. The maximum absolute atomic E-state index is 12.4. The van der Waals surface area contributed by atoms with E-state index in [9.17, 15) is 43.7 Å². The number of likely N-dealkylation sites (N-methyl/N-ethyl adjacent to an activating group) is 1. The van der Waals surface area contributed by atoms with E-state index in [0.29, 0.717) is 36.9 Å². The molecule has 0 aliphatic carbocycles. The number of carbonyl (C=O) groups is 1. The molecule has 0 saturated carbocycles. The average Bonchev–Trinajstić information content (AvgIpc) is 3.47. The van der Waals surface area contributed by atoms with Gasteiger partial charge in [0.15, 0.2) is 5.71 Å². The van der Waals surface area contributed by atoms with Crippen LogP contribution in [0.3, 0.4) is 0 Å². The Labute approximate surface area is 333 Å². The fourth-order valence-electron chi connectivity index (χ4n) is 8.41. The molecule has 0 fully saturated rings. The standard InChI is InChI=1S/C41H45N3O10S3/c1-6-43-32-21-19-29-31(24-28(56(49,50)51)25-34(29)57(52,53)54)39(32)40(2,3)35(43)13-9-7-10-14-36-41(4,5)38-30-23-27(55(46,47)48)18-16-26(30)17-20-33(38)44(36)22-12-8-11-15-37(42)45/h7,9-10,13-14,16-21,23-25H,6,8,11-12,15,22H2,1-5H3,(H4-,42,45,46,47,48,49,50,51,52,53,54)/p+1. The van der Waals surface area contributed by atoms with Crippen molar-refractivity contribution in [2.24, 2.45) is 5.73 Å². The lowest BCUT2D eigenvalue weighted by Crippen LogP contribution is -2.28. The van der Waals surface area contributed by atoms with Crippen LogP contribution >= 0.6 is 0 Å². The minimum atomic E-state index is -4.87. The summed E-state index contributed by atoms with van der Waals surface area (Å²) in [5.74, 6) is -0.349. The Kier molecular flexibility index (Phi) is 11.0. The molecule has 1 amide bonds. The van der Waals surface area contributed by atoms with Gasteiger partial charge in [0.1, 0.15) is 11.4 Å². The second-order valence-corrected chi connectivity index (χ2v) is 19.6. The van der Waals surface area contributed by atoms with Crippen LogP contribution in [-0.2, 0) is 46.0 Å². The third kappa shape index (κ3) is 7.81. The summed E-state index contributed by atoms with van der Waals surface area (Å²) >= 11 is 0. The number of unbranched alkanes of at least 4 members (excludes halogenated alkanes) is 2. The highest BCUT2D eigenvalue weighted by atomic mass is 32.2. The number of hydrogen-bond donors (Lipinski definition) is 4. The lowest BCUT2D eigenvalue weighted by molar-refractivity contribution is -0.438. The van der Waals surface area contributed by atoms with Gasteiger partial charge in [0, 0.05) is 59.3 Å². The van der Waals surface area contributed by atoms with E-state index < -0.39 is 51.0 Å². The van der Waals surface area contributed by atoms with Gasteiger partial charge >= 0.3 is 0 Å². The summed E-state index contributed by atoms with van der Waals surface area (Å²) in [7, 11) is -14.1. The Morgan fingerprint density at radius 1 is 0.737 bits per heavy atom. The van der Waals surface area contributed by atoms with Gasteiger partial charge in [-0.25, -0.2) is 0 Å². The Balaban J connectivity index is 1.40. The number of fused-ring (bicyclic) bond motifs is 6. The van der Waals surface area contributed by atoms with E-state index in [1.165, 1.54) is 24.3 Å². The van der Waals surface area contributed by atoms with Crippen molar-refractivity contribution >= 4 is 74.9 Å². The van der Waals surface area contributed by atoms with Crippen molar-refractivity contribution in [2.45, 2.75) is 85.8 Å². The number of primary amides is 1. The smallest absolute Gasteiger partial charge is 0.295 e. The first-order chi connectivity index (χ1) is 26.5. The average molecular weight is 837 g/mol. The summed E-state index contributed by atoms with van der Waals surface area (Å²) in [5.41, 5.74) is 8.93. The van der Waals surface area contributed by atoms with E-state index in [4.69, 9.17) is 5.73 Å². The normalized spacial score (nSPS) is 17.5. The van der Waals surface area contributed by atoms with Crippen LogP contribution in [0.5, 0.6) is 0 Å². The first-order valence-electron chi connectivity index (χ1n) is 18.4. The third-order valence-corrected chi connectivity index (χ3v) is 13.5. The minimum absolute atomic E-state index is 0.115. The number of carbonyl (C=O) groups excluding carboxylic acids is 1. The zero-order valence-electron chi connectivity index (χ0n) is 32.2. The van der Waals surface area contributed by atoms with Gasteiger partial charge in [-0.15, -0.1) is 0 Å². The number of amides is 1. The summed E-state index contributed by atoms with van der Waals surface area (Å²) < 4.78 is 105. The molecule has 0 aromatic heterocycles. The molecule has 2 heterocycles. The summed E-state index contributed by atoms with van der Waals surface area (Å²) in [4.78, 5) is 11.9. The van der Waals surface area contributed by atoms with Gasteiger partial charge in [0.2, 0.25) is 11.6 Å². The van der Waals surface area contributed by atoms with Gasteiger partial charge in [-0.1, -0.05) is 44.2 Å². The van der Waals surface area contributed by atoms with Gasteiger partial charge in [0.05, 0.1) is 15.2 Å². The van der Waals surface area contributed by atoms with Crippen molar-refractivity contribution in [2.75, 3.05) is 18.0 Å². The molecule has 0 saturated heterocycles. The van der Waals surface area contributed by atoms with Gasteiger partial charge in [-0.2, -0.15) is 29.8 Å². The lowest BCUT2D eigenvalue weighted by atomic mass is 9.79. The van der Waals surface area contributed by atoms with Crippen molar-refractivity contribution < 1.29 is 48.3 Å². The Hall–Kier alpha value is -4.71. The summed E-state index contributed by atoms with van der Waals surface area (Å²) in [5, 5.41) is 1.90. The topological polar surface area (TPSA) is 212 Å². The fourth-order valence-corrected chi connectivity index (χ4v) is 10.3. The fraction of sp³-hybridized carbons (Fsp3) is 0.317. The summed E-state index contributed by atoms with van der Waals surface area (Å²) in [6.07, 6.45) is 12.1. The molecule has 0 atom stereocenters. The highest BCUT2D eigenvalue weighted by Gasteiger charge is 2.46. The van der Waals surface area contributed by atoms with Gasteiger partial charge in [-0.3, -0.25) is 18.5 Å². The molecule has 4 aromatic carbocycles. The second-order valence-electron chi connectivity index (χ2n) is 15.3. The van der Waals surface area contributed by atoms with Crippen LogP contribution in [-0.4, -0.2) is 68.2 Å². The number of hydrogen-bond acceptors (Lipinski definition) is 8. The van der Waals surface area contributed by atoms with Crippen molar-refractivity contribution in [3.63, 3.8) is 0 Å². The van der Waals surface area contributed by atoms with Gasteiger partial charge < -0.3 is 10.6 Å². The maximum atomic E-state index is 12.4. The monoisotopic (exact) mass is 836 g/mol. The molecular weight excluding hydrogens is 791 g/mol. The minimum Gasteiger partial charge on any atom is -0.370 e. The predicted octanol–water partition coefficient (Wildman–Crippen LogP) is 6.97. The maximum Gasteiger partial charge on any atom is 0.295 e. The number of nitrogens with zero attached hydrogens (tertiary/aromatic N) is 2. The molecule has 0 unspecified atom stereocenters. The van der Waals surface area contributed by atoms with E-state index in [0.717, 1.165) is 52.6 Å². The molecule has 4 aromatic rings. The Morgan fingerprint density at radius 2 is 1.40 bits per heavy atom. The highest BCUT2D eigenvalue weighted by molar-refractivity contribution is 7.87. The zero-order valence-corrected chi connectivity index (χ0v) is 34.7. The summed E-state index contributed by atoms with van der Waals surface area (Å²) in [6, 6.07) is 13.7. The SMILES string of the molecule is CCN1\C(=C/C=C/C=C/C2=[N+](CCCCCC(N)=O)c3ccc4ccc(S(=O)(=O)O)cc4c3C2(C)C)C(C)(C)c2c1ccc1c(S(=O)(=O)O)cc(S(=O)(=O)O)cc21. The van der Waals surface area contributed by atoms with Crippen LogP contribution in [0.15, 0.2) is 105 Å². The molecule has 0 bridgehead atoms. The van der Waals surface area contributed by atoms with E-state index in [1.807, 2.05) is 68.2 Å². The molecule has 6 rings (SSSR count). The van der Waals surface area contributed by atoms with Crippen LogP contribution in [0.25, 0.3) is 21.5 Å². The second kappa shape index (κ2) is 14.9. The van der Waals surface area contributed by atoms with E-state index >= 15 is 0 Å². The third-order valence-electron chi connectivity index (χ3n) is 10.9.